The molecule has 2 aromatic carbocycles. The average molecular weight is 488 g/mol. The van der Waals surface area contributed by atoms with E-state index in [0.29, 0.717) is 42.8 Å². The van der Waals surface area contributed by atoms with Crippen LogP contribution in [0.5, 0.6) is 0 Å². The molecule has 0 aliphatic carbocycles. The molecule has 10 heteroatoms. The van der Waals surface area contributed by atoms with E-state index in [-0.39, 0.29) is 9.80 Å². The first kappa shape index (κ1) is 23.6. The molecule has 2 heterocycles. The fourth-order valence-electron chi connectivity index (χ4n) is 3.93. The summed E-state index contributed by atoms with van der Waals surface area (Å²) in [6.07, 6.45) is -3.20. The molecule has 1 fully saturated rings. The summed E-state index contributed by atoms with van der Waals surface area (Å²) in [7, 11) is -3.96. The van der Waals surface area contributed by atoms with Crippen molar-refractivity contribution in [2.75, 3.05) is 31.1 Å². The van der Waals surface area contributed by atoms with Gasteiger partial charge in [0, 0.05) is 44.5 Å². The number of sulfone groups is 1. The molecule has 6 nitrogen and oxygen atoms in total. The Morgan fingerprint density at radius 3 is 2.35 bits per heavy atom. The van der Waals surface area contributed by atoms with Crippen LogP contribution in [0, 0.1) is 18.3 Å². The van der Waals surface area contributed by atoms with Crippen molar-refractivity contribution in [2.45, 2.75) is 18.0 Å². The number of aryl methyl sites for hydroxylation is 1. The lowest BCUT2D eigenvalue weighted by atomic mass is 10.1. The van der Waals surface area contributed by atoms with Crippen LogP contribution in [-0.4, -0.2) is 39.5 Å². The molecule has 0 unspecified atom stereocenters. The van der Waals surface area contributed by atoms with Gasteiger partial charge in [-0.2, -0.15) is 18.4 Å². The molecule has 1 aliphatic heterocycles. The van der Waals surface area contributed by atoms with E-state index in [9.17, 15) is 26.9 Å². The largest absolute Gasteiger partial charge is 0.477 e. The number of rotatable bonds is 4. The summed E-state index contributed by atoms with van der Waals surface area (Å²) in [4.78, 5) is 5.70. The molecule has 176 valence electrons. The zero-order valence-electron chi connectivity index (χ0n) is 18.3. The molecular weight excluding hydrogens is 465 g/mol. The summed E-state index contributed by atoms with van der Waals surface area (Å²) < 4.78 is 66.0. The number of hydrogen-bond acceptors (Lipinski definition) is 5. The van der Waals surface area contributed by atoms with E-state index in [1.54, 1.807) is 41.3 Å². The number of benzene rings is 2. The van der Waals surface area contributed by atoms with E-state index in [1.807, 2.05) is 17.9 Å². The van der Waals surface area contributed by atoms with Crippen LogP contribution in [0.2, 0.25) is 0 Å². The van der Waals surface area contributed by atoms with Gasteiger partial charge < -0.3 is 9.80 Å². The van der Waals surface area contributed by atoms with Gasteiger partial charge in [0.15, 0.2) is 4.91 Å². The Kier molecular flexibility index (Phi) is 6.23. The predicted molar refractivity (Wildman–Crippen MR) is 121 cm³/mol. The number of nitrogens with zero attached hydrogens (tertiary/aromatic N) is 3. The monoisotopic (exact) mass is 487 g/mol. The number of alkyl halides is 3. The van der Waals surface area contributed by atoms with Crippen LogP contribution < -0.4 is 9.88 Å². The van der Waals surface area contributed by atoms with E-state index in [1.165, 1.54) is 18.3 Å². The summed E-state index contributed by atoms with van der Waals surface area (Å²) in [5.74, 6) is 0. The summed E-state index contributed by atoms with van der Waals surface area (Å²) >= 11 is 0. The van der Waals surface area contributed by atoms with Gasteiger partial charge in [-0.05, 0) is 30.7 Å². The average Bonchev–Trinajstić information content (AvgIpc) is 2.82. The van der Waals surface area contributed by atoms with E-state index in [0.717, 1.165) is 11.6 Å². The first-order valence-corrected chi connectivity index (χ1v) is 12.0. The highest BCUT2D eigenvalue weighted by Crippen LogP contribution is 2.33. The van der Waals surface area contributed by atoms with Crippen LogP contribution >= 0.6 is 0 Å². The highest BCUT2D eigenvalue weighted by Gasteiger charge is 2.39. The summed E-state index contributed by atoms with van der Waals surface area (Å²) in [6.45, 7) is 3.31. The number of allylic oxidation sites excluding steroid dienone is 1. The highest BCUT2D eigenvalue weighted by molar-refractivity contribution is 7.95. The maximum absolute atomic E-state index is 13.5. The van der Waals surface area contributed by atoms with Crippen molar-refractivity contribution >= 4 is 26.4 Å². The standard InChI is InChI=1S/C24H21F3N4O2S/c1-17-7-8-21-20(13-17)22(14-23(29-21)24(25,26)27)31-11-9-30(10-12-31)16-19(15-28)34(32,33)18-5-3-2-4-6-18/h2-8,13-14,16H,9-12H2,1H3/p+1/b19-16+. The van der Waals surface area contributed by atoms with E-state index in [2.05, 4.69) is 4.98 Å². The Hall–Kier alpha value is -3.58. The van der Waals surface area contributed by atoms with Gasteiger partial charge >= 0.3 is 6.18 Å². The third kappa shape index (κ3) is 4.70. The van der Waals surface area contributed by atoms with Crippen molar-refractivity contribution in [3.8, 4) is 6.07 Å². The molecule has 0 radical (unpaired) electrons. The van der Waals surface area contributed by atoms with Crippen LogP contribution in [0.1, 0.15) is 11.3 Å². The number of piperazine rings is 1. The number of halogens is 3. The van der Waals surface area contributed by atoms with Gasteiger partial charge in [0.2, 0.25) is 15.4 Å². The van der Waals surface area contributed by atoms with E-state index < -0.39 is 21.7 Å². The van der Waals surface area contributed by atoms with Crippen LogP contribution in [0.25, 0.3) is 10.9 Å². The van der Waals surface area contributed by atoms with E-state index in [4.69, 9.17) is 0 Å². The molecule has 0 amide bonds. The molecule has 3 aromatic rings. The lowest BCUT2D eigenvalue weighted by molar-refractivity contribution is -0.398. The minimum Gasteiger partial charge on any atom is -0.372 e. The Morgan fingerprint density at radius 2 is 1.74 bits per heavy atom. The molecule has 0 saturated carbocycles. The minimum absolute atomic E-state index is 0.0310. The highest BCUT2D eigenvalue weighted by atomic mass is 32.2. The van der Waals surface area contributed by atoms with E-state index >= 15 is 0 Å². The Morgan fingerprint density at radius 1 is 1.06 bits per heavy atom. The third-order valence-electron chi connectivity index (χ3n) is 5.71. The summed E-state index contributed by atoms with van der Waals surface area (Å²) in [5, 5.41) is 10.2. The molecule has 1 saturated heterocycles. The number of fused-ring (bicyclic) bond motifs is 1. The van der Waals surface area contributed by atoms with Gasteiger partial charge in [-0.3, -0.25) is 0 Å². The molecule has 0 spiro atoms. The molecule has 0 atom stereocenters. The maximum atomic E-state index is 13.5. The zero-order valence-corrected chi connectivity index (χ0v) is 19.1. The van der Waals surface area contributed by atoms with Crippen molar-refractivity contribution < 1.29 is 26.6 Å². The molecule has 34 heavy (non-hydrogen) atoms. The fraction of sp³-hybridized carbons (Fsp3) is 0.250. The first-order valence-electron chi connectivity index (χ1n) is 10.5. The Bertz CT molecular complexity index is 1390. The topological polar surface area (TPSA) is 78.6 Å². The number of aromatic amines is 1. The second kappa shape index (κ2) is 8.99. The molecule has 1 N–H and O–H groups in total. The lowest BCUT2D eigenvalue weighted by Gasteiger charge is -2.36. The van der Waals surface area contributed by atoms with Gasteiger partial charge in [-0.1, -0.05) is 24.3 Å². The summed E-state index contributed by atoms with van der Waals surface area (Å²) in [6, 6.07) is 15.8. The fourth-order valence-corrected chi connectivity index (χ4v) is 5.11. The zero-order chi connectivity index (χ0) is 24.5. The number of pyridine rings is 1. The summed E-state index contributed by atoms with van der Waals surface area (Å²) in [5.41, 5.74) is 0.944. The molecule has 1 aliphatic rings. The van der Waals surface area contributed by atoms with Gasteiger partial charge in [0.1, 0.15) is 6.07 Å². The van der Waals surface area contributed by atoms with Gasteiger partial charge in [0.25, 0.3) is 5.69 Å². The smallest absolute Gasteiger partial charge is 0.372 e. The second-order valence-electron chi connectivity index (χ2n) is 8.06. The molecule has 0 bridgehead atoms. The Labute approximate surface area is 195 Å². The number of nitrogens with one attached hydrogen (secondary N) is 1. The first-order chi connectivity index (χ1) is 16.1. The van der Waals surface area contributed by atoms with Gasteiger partial charge in [0.05, 0.1) is 16.0 Å². The van der Waals surface area contributed by atoms with Crippen LogP contribution in [0.3, 0.4) is 0 Å². The van der Waals surface area contributed by atoms with Crippen LogP contribution in [0.4, 0.5) is 18.9 Å². The molecular formula is C24H22F3N4O2S+. The van der Waals surface area contributed by atoms with Crippen molar-refractivity contribution in [1.82, 2.24) is 4.90 Å². The number of aromatic nitrogens is 1. The SMILES string of the molecule is Cc1ccc2[nH+]c(C(F)(F)F)cc(N3CCN(/C=C(\C#N)S(=O)(=O)c4ccccc4)CC3)c2c1. The minimum atomic E-state index is -4.52. The Balaban J connectivity index is 1.61. The molecule has 1 aromatic heterocycles. The van der Waals surface area contributed by atoms with Crippen molar-refractivity contribution in [2.24, 2.45) is 0 Å². The van der Waals surface area contributed by atoms with Crippen LogP contribution in [0.15, 0.2) is 70.6 Å². The predicted octanol–water partition coefficient (Wildman–Crippen LogP) is 3.94. The lowest BCUT2D eigenvalue weighted by Crippen LogP contribution is -2.44. The van der Waals surface area contributed by atoms with Crippen molar-refractivity contribution in [3.63, 3.8) is 0 Å². The number of anilines is 1. The number of H-pyrrole nitrogens is 1. The van der Waals surface area contributed by atoms with Crippen molar-refractivity contribution in [3.05, 3.63) is 77.0 Å². The van der Waals surface area contributed by atoms with Crippen LogP contribution in [-0.2, 0) is 16.0 Å². The second-order valence-corrected chi connectivity index (χ2v) is 9.98. The quantitative estimate of drug-likeness (QED) is 0.521. The van der Waals surface area contributed by atoms with Gasteiger partial charge in [-0.15, -0.1) is 0 Å². The van der Waals surface area contributed by atoms with Crippen molar-refractivity contribution in [1.29, 1.82) is 5.26 Å². The number of hydrogen-bond donors (Lipinski definition) is 0. The molecule has 4 rings (SSSR count). The third-order valence-corrected chi connectivity index (χ3v) is 7.38. The maximum Gasteiger partial charge on any atom is 0.477 e. The number of nitriles is 1. The van der Waals surface area contributed by atoms with Gasteiger partial charge in [-0.25, -0.2) is 13.4 Å². The normalized spacial score (nSPS) is 15.4.